The normalized spacial score (nSPS) is 21.2. The molecule has 2 fully saturated rings. The van der Waals surface area contributed by atoms with Gasteiger partial charge in [0, 0.05) is 28.4 Å². The lowest BCUT2D eigenvalue weighted by Gasteiger charge is -2.31. The number of imidazole rings is 2. The van der Waals surface area contributed by atoms with Gasteiger partial charge in [-0.05, 0) is 99.5 Å². The Morgan fingerprint density at radius 1 is 1.02 bits per heavy atom. The van der Waals surface area contributed by atoms with Crippen LogP contribution < -0.4 is 10.1 Å². The van der Waals surface area contributed by atoms with Crippen LogP contribution in [0.2, 0.25) is 0 Å². The first kappa shape index (κ1) is 28.0. The lowest BCUT2D eigenvalue weighted by atomic mass is 9.92. The van der Waals surface area contributed by atoms with Crippen molar-refractivity contribution in [3.05, 3.63) is 90.4 Å². The van der Waals surface area contributed by atoms with Crippen molar-refractivity contribution in [2.75, 3.05) is 20.1 Å². The fourth-order valence-electron chi connectivity index (χ4n) is 7.67. The van der Waals surface area contributed by atoms with E-state index in [-0.39, 0.29) is 6.04 Å². The van der Waals surface area contributed by atoms with Crippen molar-refractivity contribution in [3.63, 3.8) is 0 Å². The van der Waals surface area contributed by atoms with Gasteiger partial charge in [0.2, 0.25) is 0 Å². The molecule has 5 heterocycles. The number of nitrogens with one attached hydrogen (secondary N) is 3. The Balaban J connectivity index is 1.08. The molecule has 3 atom stereocenters. The van der Waals surface area contributed by atoms with Gasteiger partial charge >= 0.3 is 0 Å². The quantitative estimate of drug-likeness (QED) is 0.179. The van der Waals surface area contributed by atoms with Crippen molar-refractivity contribution in [2.45, 2.75) is 64.3 Å². The fourth-order valence-corrected chi connectivity index (χ4v) is 7.67. The monoisotopic (exact) mass is 599 g/mol. The second-order valence-electron chi connectivity index (χ2n) is 13.2. The van der Waals surface area contributed by atoms with Crippen LogP contribution in [0, 0.1) is 0 Å². The maximum atomic E-state index is 6.40. The summed E-state index contributed by atoms with van der Waals surface area (Å²) < 4.78 is 6.40. The van der Waals surface area contributed by atoms with Crippen molar-refractivity contribution in [3.8, 4) is 28.1 Å². The molecule has 3 aromatic carbocycles. The molecule has 0 aliphatic carbocycles. The van der Waals surface area contributed by atoms with Gasteiger partial charge in [0.05, 0.1) is 41.6 Å². The lowest BCUT2D eigenvalue weighted by Crippen LogP contribution is -2.33. The van der Waals surface area contributed by atoms with Gasteiger partial charge in [-0.2, -0.15) is 0 Å². The number of benzene rings is 3. The summed E-state index contributed by atoms with van der Waals surface area (Å²) in [5.74, 6) is 2.97. The number of rotatable bonds is 7. The highest BCUT2D eigenvalue weighted by molar-refractivity contribution is 6.07. The molecule has 0 amide bonds. The zero-order chi connectivity index (χ0) is 30.8. The van der Waals surface area contributed by atoms with Gasteiger partial charge in [0.15, 0.2) is 0 Å². The molecule has 45 heavy (non-hydrogen) atoms. The molecule has 3 N–H and O–H groups in total. The van der Waals surface area contributed by atoms with Crippen LogP contribution in [0.1, 0.15) is 68.8 Å². The Morgan fingerprint density at radius 3 is 2.73 bits per heavy atom. The number of ether oxygens (including phenoxy) is 1. The van der Waals surface area contributed by atoms with E-state index in [1.165, 1.54) is 22.9 Å². The number of H-pyrrole nitrogens is 2. The van der Waals surface area contributed by atoms with Gasteiger partial charge in [-0.15, -0.1) is 0 Å². The number of nitrogens with zero attached hydrogens (tertiary/aromatic N) is 4. The number of hydrogen-bond donors (Lipinski definition) is 3. The van der Waals surface area contributed by atoms with Crippen molar-refractivity contribution in [2.24, 2.45) is 0 Å². The summed E-state index contributed by atoms with van der Waals surface area (Å²) in [7, 11) is 2.19. The summed E-state index contributed by atoms with van der Waals surface area (Å²) in [5.41, 5.74) is 9.78. The summed E-state index contributed by atoms with van der Waals surface area (Å²) >= 11 is 0. The molecule has 3 aliphatic heterocycles. The summed E-state index contributed by atoms with van der Waals surface area (Å²) in [6.07, 6.45) is 6.48. The fraction of sp³-hybridized carbons (Fsp3) is 0.351. The number of aromatic nitrogens is 4. The van der Waals surface area contributed by atoms with Crippen LogP contribution in [0.5, 0.6) is 5.75 Å². The van der Waals surface area contributed by atoms with E-state index in [0.29, 0.717) is 25.2 Å². The summed E-state index contributed by atoms with van der Waals surface area (Å²) in [6, 6.07) is 16.4. The van der Waals surface area contributed by atoms with E-state index in [9.17, 15) is 0 Å². The van der Waals surface area contributed by atoms with Crippen LogP contribution in [0.15, 0.2) is 73.2 Å². The average Bonchev–Trinajstić information content (AvgIpc) is 3.84. The first-order valence-electron chi connectivity index (χ1n) is 16.2. The third-order valence-electron chi connectivity index (χ3n) is 10.1. The van der Waals surface area contributed by atoms with Crippen LogP contribution in [0.4, 0.5) is 0 Å². The molecular weight excluding hydrogens is 558 g/mol. The van der Waals surface area contributed by atoms with E-state index in [0.717, 1.165) is 87.8 Å². The predicted octanol–water partition coefficient (Wildman–Crippen LogP) is 7.59. The van der Waals surface area contributed by atoms with Gasteiger partial charge < -0.3 is 24.9 Å². The highest BCUT2D eigenvalue weighted by Gasteiger charge is 2.34. The zero-order valence-electron chi connectivity index (χ0n) is 26.4. The van der Waals surface area contributed by atoms with Crippen molar-refractivity contribution in [1.82, 2.24) is 35.1 Å². The predicted molar refractivity (Wildman–Crippen MR) is 181 cm³/mol. The Hall–Kier alpha value is -4.56. The van der Waals surface area contributed by atoms with E-state index >= 15 is 0 Å². The number of aromatic amines is 2. The molecule has 5 aromatic rings. The molecule has 2 unspecified atom stereocenters. The molecule has 8 heteroatoms. The van der Waals surface area contributed by atoms with E-state index in [4.69, 9.17) is 14.7 Å². The Morgan fingerprint density at radius 2 is 1.91 bits per heavy atom. The molecule has 2 aromatic heterocycles. The zero-order valence-corrected chi connectivity index (χ0v) is 26.4. The molecule has 8 nitrogen and oxygen atoms in total. The first-order valence-corrected chi connectivity index (χ1v) is 16.2. The summed E-state index contributed by atoms with van der Waals surface area (Å²) in [5, 5.41) is 5.63. The maximum absolute atomic E-state index is 6.40. The largest absolute Gasteiger partial charge is 0.488 e. The van der Waals surface area contributed by atoms with E-state index in [1.807, 2.05) is 13.1 Å². The minimum atomic E-state index is 0.186. The van der Waals surface area contributed by atoms with Crippen LogP contribution in [-0.4, -0.2) is 55.9 Å². The van der Waals surface area contributed by atoms with Crippen molar-refractivity contribution >= 4 is 21.8 Å². The number of likely N-dealkylation sites (tertiary alicyclic amines) is 2. The first-order chi connectivity index (χ1) is 21.8. The average molecular weight is 600 g/mol. The molecule has 2 saturated heterocycles. The molecule has 230 valence electrons. The SMILES string of the molecule is C=C(C)NCC(=C)N1C(c2ncc(-c3ccc4c(c3)COc3cc5c(ccc6[nH]c(C7CCCN7C)nc65)cc3-4)[nH]2)CC[C@@H]1C. The van der Waals surface area contributed by atoms with Crippen molar-refractivity contribution < 1.29 is 4.74 Å². The maximum Gasteiger partial charge on any atom is 0.129 e. The minimum absolute atomic E-state index is 0.186. The smallest absolute Gasteiger partial charge is 0.129 e. The highest BCUT2D eigenvalue weighted by atomic mass is 16.5. The number of fused-ring (bicyclic) bond motifs is 6. The molecule has 0 radical (unpaired) electrons. The minimum Gasteiger partial charge on any atom is -0.488 e. The second-order valence-corrected chi connectivity index (χ2v) is 13.2. The van der Waals surface area contributed by atoms with Gasteiger partial charge in [-0.3, -0.25) is 4.90 Å². The summed E-state index contributed by atoms with van der Waals surface area (Å²) in [4.78, 5) is 22.0. The van der Waals surface area contributed by atoms with E-state index in [2.05, 4.69) is 94.7 Å². The van der Waals surface area contributed by atoms with Gasteiger partial charge in [0.25, 0.3) is 0 Å². The van der Waals surface area contributed by atoms with Crippen LogP contribution in [-0.2, 0) is 6.61 Å². The van der Waals surface area contributed by atoms with E-state index in [1.54, 1.807) is 0 Å². The molecule has 0 saturated carbocycles. The standard InChI is InChI=1S/C37H41N7O/c1-21(2)38-18-23(4)44-22(3)8-13-33(44)36-39-19-31(41-36)25-9-11-27-26(15-25)20-45-34-17-28-24(16-29(27)34)10-12-30-35(28)42-37(40-30)32-7-6-14-43(32)5/h9-12,15-17,19,22,32-33,38H,1,4,6-8,13-14,18,20H2,2-3,5H3,(H,39,41)(H,40,42)/t22-,32?,33?/m0/s1. The molecule has 3 aliphatic rings. The Labute approximate surface area is 264 Å². The van der Waals surface area contributed by atoms with Crippen LogP contribution in [0.25, 0.3) is 44.2 Å². The molecule has 8 rings (SSSR count). The van der Waals surface area contributed by atoms with Crippen molar-refractivity contribution in [1.29, 1.82) is 0 Å². The number of allylic oxidation sites excluding steroid dienone is 1. The summed E-state index contributed by atoms with van der Waals surface area (Å²) in [6.45, 7) is 14.9. The third-order valence-corrected chi connectivity index (χ3v) is 10.1. The van der Waals surface area contributed by atoms with Gasteiger partial charge in [0.1, 0.15) is 24.0 Å². The van der Waals surface area contributed by atoms with Crippen LogP contribution >= 0.6 is 0 Å². The topological polar surface area (TPSA) is 85.1 Å². The Kier molecular flexibility index (Phi) is 6.71. The van der Waals surface area contributed by atoms with Gasteiger partial charge in [-0.25, -0.2) is 9.97 Å². The highest BCUT2D eigenvalue weighted by Crippen LogP contribution is 2.43. The second kappa shape index (κ2) is 10.8. The third kappa shape index (κ3) is 4.79. The van der Waals surface area contributed by atoms with Gasteiger partial charge in [-0.1, -0.05) is 31.4 Å². The lowest BCUT2D eigenvalue weighted by molar-refractivity contribution is 0.254. The van der Waals surface area contributed by atoms with Crippen LogP contribution in [0.3, 0.4) is 0 Å². The molecule has 0 bridgehead atoms. The molecule has 0 spiro atoms. The number of hydrogen-bond acceptors (Lipinski definition) is 6. The Bertz CT molecular complexity index is 1970. The molecular formula is C37H41N7O. The van der Waals surface area contributed by atoms with E-state index < -0.39 is 0 Å².